The SMILES string of the molecule is CCC[C@H](C(C)(C)C)S(N)(=O)=O. The van der Waals surface area contributed by atoms with Crippen molar-refractivity contribution >= 4 is 10.0 Å². The van der Waals surface area contributed by atoms with Gasteiger partial charge in [-0.15, -0.1) is 0 Å². The Morgan fingerprint density at radius 2 is 1.75 bits per heavy atom. The van der Waals surface area contributed by atoms with Gasteiger partial charge in [0.2, 0.25) is 10.0 Å². The van der Waals surface area contributed by atoms with Crippen molar-refractivity contribution in [3.05, 3.63) is 0 Å². The molecule has 0 aliphatic heterocycles. The lowest BCUT2D eigenvalue weighted by Crippen LogP contribution is -2.38. The highest BCUT2D eigenvalue weighted by Crippen LogP contribution is 2.27. The van der Waals surface area contributed by atoms with Crippen LogP contribution in [0.15, 0.2) is 0 Å². The third-order valence-electron chi connectivity index (χ3n) is 1.91. The fourth-order valence-electron chi connectivity index (χ4n) is 1.35. The molecule has 0 aliphatic rings. The van der Waals surface area contributed by atoms with Crippen LogP contribution in [0.2, 0.25) is 0 Å². The van der Waals surface area contributed by atoms with Gasteiger partial charge in [-0.05, 0) is 11.8 Å². The van der Waals surface area contributed by atoms with Gasteiger partial charge in [0.05, 0.1) is 5.25 Å². The van der Waals surface area contributed by atoms with E-state index in [1.165, 1.54) is 0 Å². The molecule has 4 heteroatoms. The molecule has 0 bridgehead atoms. The number of primary sulfonamides is 1. The Bertz CT molecular complexity index is 226. The molecule has 2 N–H and O–H groups in total. The van der Waals surface area contributed by atoms with Crippen LogP contribution in [-0.2, 0) is 10.0 Å². The molecular weight excluding hydrogens is 174 g/mol. The van der Waals surface area contributed by atoms with E-state index in [0.717, 1.165) is 6.42 Å². The number of nitrogens with two attached hydrogens (primary N) is 1. The first-order valence-corrected chi connectivity index (χ1v) is 5.82. The van der Waals surface area contributed by atoms with Crippen LogP contribution in [0.25, 0.3) is 0 Å². The van der Waals surface area contributed by atoms with Crippen molar-refractivity contribution in [2.75, 3.05) is 0 Å². The predicted molar refractivity (Wildman–Crippen MR) is 51.3 cm³/mol. The first-order valence-electron chi connectivity index (χ1n) is 4.21. The molecule has 0 radical (unpaired) electrons. The quantitative estimate of drug-likeness (QED) is 0.738. The Morgan fingerprint density at radius 3 is 1.83 bits per heavy atom. The van der Waals surface area contributed by atoms with Crippen molar-refractivity contribution in [1.82, 2.24) is 0 Å². The Balaban J connectivity index is 4.70. The van der Waals surface area contributed by atoms with Gasteiger partial charge < -0.3 is 0 Å². The number of sulfonamides is 1. The van der Waals surface area contributed by atoms with Crippen molar-refractivity contribution in [3.8, 4) is 0 Å². The second kappa shape index (κ2) is 3.75. The van der Waals surface area contributed by atoms with Crippen molar-refractivity contribution in [3.63, 3.8) is 0 Å². The Labute approximate surface area is 75.4 Å². The van der Waals surface area contributed by atoms with Crippen LogP contribution in [-0.4, -0.2) is 13.7 Å². The maximum absolute atomic E-state index is 11.1. The zero-order chi connectivity index (χ0) is 9.99. The largest absolute Gasteiger partial charge is 0.228 e. The summed E-state index contributed by atoms with van der Waals surface area (Å²) in [6.07, 6.45) is 1.49. The van der Waals surface area contributed by atoms with E-state index >= 15 is 0 Å². The van der Waals surface area contributed by atoms with Crippen LogP contribution in [0.5, 0.6) is 0 Å². The van der Waals surface area contributed by atoms with Gasteiger partial charge in [-0.25, -0.2) is 13.6 Å². The van der Waals surface area contributed by atoms with Crippen molar-refractivity contribution in [1.29, 1.82) is 0 Å². The van der Waals surface area contributed by atoms with E-state index in [1.807, 2.05) is 27.7 Å². The molecule has 0 aromatic rings. The highest BCUT2D eigenvalue weighted by molar-refractivity contribution is 7.89. The Kier molecular flexibility index (Phi) is 3.72. The molecule has 0 fully saturated rings. The third kappa shape index (κ3) is 3.54. The average molecular weight is 193 g/mol. The fraction of sp³-hybridized carbons (Fsp3) is 1.00. The van der Waals surface area contributed by atoms with E-state index in [9.17, 15) is 8.42 Å². The molecule has 0 aromatic carbocycles. The minimum absolute atomic E-state index is 0.260. The van der Waals surface area contributed by atoms with Crippen LogP contribution < -0.4 is 5.14 Å². The minimum Gasteiger partial charge on any atom is -0.228 e. The molecule has 74 valence electrons. The lowest BCUT2D eigenvalue weighted by atomic mass is 9.89. The molecular formula is C8H19NO2S. The maximum Gasteiger partial charge on any atom is 0.212 e. The molecule has 0 amide bonds. The molecule has 0 saturated heterocycles. The van der Waals surface area contributed by atoms with E-state index in [1.54, 1.807) is 0 Å². The van der Waals surface area contributed by atoms with Gasteiger partial charge >= 0.3 is 0 Å². The molecule has 0 spiro atoms. The Hall–Kier alpha value is -0.0900. The lowest BCUT2D eigenvalue weighted by Gasteiger charge is -2.28. The van der Waals surface area contributed by atoms with E-state index in [2.05, 4.69) is 0 Å². The first-order chi connectivity index (χ1) is 5.19. The summed E-state index contributed by atoms with van der Waals surface area (Å²) in [4.78, 5) is 0. The van der Waals surface area contributed by atoms with Crippen molar-refractivity contribution < 1.29 is 8.42 Å². The normalized spacial score (nSPS) is 16.1. The van der Waals surface area contributed by atoms with Gasteiger partial charge in [-0.2, -0.15) is 0 Å². The summed E-state index contributed by atoms with van der Waals surface area (Å²) in [5.74, 6) is 0. The highest BCUT2D eigenvalue weighted by atomic mass is 32.2. The summed E-state index contributed by atoms with van der Waals surface area (Å²) < 4.78 is 22.3. The zero-order valence-corrected chi connectivity index (χ0v) is 9.11. The molecule has 0 unspecified atom stereocenters. The fourth-order valence-corrected chi connectivity index (χ4v) is 2.90. The van der Waals surface area contributed by atoms with Gasteiger partial charge in [0.25, 0.3) is 0 Å². The van der Waals surface area contributed by atoms with E-state index in [-0.39, 0.29) is 5.41 Å². The zero-order valence-electron chi connectivity index (χ0n) is 8.29. The Morgan fingerprint density at radius 1 is 1.33 bits per heavy atom. The summed E-state index contributed by atoms with van der Waals surface area (Å²) >= 11 is 0. The van der Waals surface area contributed by atoms with Crippen LogP contribution in [0, 0.1) is 5.41 Å². The predicted octanol–water partition coefficient (Wildman–Crippen LogP) is 1.49. The van der Waals surface area contributed by atoms with Gasteiger partial charge in [0.1, 0.15) is 0 Å². The standard InChI is InChI=1S/C8H19NO2S/c1-5-6-7(8(2,3)4)12(9,10)11/h7H,5-6H2,1-4H3,(H2,9,10,11)/t7-/m1/s1. The average Bonchev–Trinajstić information content (AvgIpc) is 1.77. The van der Waals surface area contributed by atoms with Crippen molar-refractivity contribution in [2.24, 2.45) is 10.6 Å². The summed E-state index contributed by atoms with van der Waals surface area (Å²) in [7, 11) is -3.38. The molecule has 3 nitrogen and oxygen atoms in total. The summed E-state index contributed by atoms with van der Waals surface area (Å²) in [5, 5.41) is 4.70. The highest BCUT2D eigenvalue weighted by Gasteiger charge is 2.32. The van der Waals surface area contributed by atoms with Crippen LogP contribution >= 0.6 is 0 Å². The molecule has 0 rings (SSSR count). The summed E-state index contributed by atoms with van der Waals surface area (Å²) in [6, 6.07) is 0. The second-order valence-electron chi connectivity index (χ2n) is 4.23. The molecule has 1 atom stereocenters. The van der Waals surface area contributed by atoms with E-state index < -0.39 is 15.3 Å². The van der Waals surface area contributed by atoms with Crippen LogP contribution in [0.4, 0.5) is 0 Å². The molecule has 12 heavy (non-hydrogen) atoms. The summed E-state index contributed by atoms with van der Waals surface area (Å²) in [6.45, 7) is 7.66. The topological polar surface area (TPSA) is 60.2 Å². The van der Waals surface area contributed by atoms with Gasteiger partial charge in [-0.3, -0.25) is 0 Å². The van der Waals surface area contributed by atoms with E-state index in [0.29, 0.717) is 6.42 Å². The smallest absolute Gasteiger partial charge is 0.212 e. The maximum atomic E-state index is 11.1. The molecule has 0 aliphatic carbocycles. The van der Waals surface area contributed by atoms with Crippen molar-refractivity contribution in [2.45, 2.75) is 45.8 Å². The molecule has 0 aromatic heterocycles. The number of hydrogen-bond donors (Lipinski definition) is 1. The monoisotopic (exact) mass is 193 g/mol. The van der Waals surface area contributed by atoms with Crippen LogP contribution in [0.1, 0.15) is 40.5 Å². The minimum atomic E-state index is -3.38. The van der Waals surface area contributed by atoms with Gasteiger partial charge in [0, 0.05) is 0 Å². The summed E-state index contributed by atoms with van der Waals surface area (Å²) in [5.41, 5.74) is -0.260. The first kappa shape index (κ1) is 11.9. The number of hydrogen-bond acceptors (Lipinski definition) is 2. The van der Waals surface area contributed by atoms with E-state index in [4.69, 9.17) is 5.14 Å². The number of rotatable bonds is 3. The lowest BCUT2D eigenvalue weighted by molar-refractivity contribution is 0.361. The molecule has 0 heterocycles. The molecule has 0 saturated carbocycles. The second-order valence-corrected chi connectivity index (χ2v) is 5.98. The van der Waals surface area contributed by atoms with Crippen LogP contribution in [0.3, 0.4) is 0 Å². The van der Waals surface area contributed by atoms with Gasteiger partial charge in [-0.1, -0.05) is 34.1 Å². The third-order valence-corrected chi connectivity index (χ3v) is 3.65. The van der Waals surface area contributed by atoms with Gasteiger partial charge in [0.15, 0.2) is 0 Å².